The van der Waals surface area contributed by atoms with Crippen molar-refractivity contribution in [3.63, 3.8) is 0 Å². The molecular weight excluding hydrogens is 250 g/mol. The third kappa shape index (κ3) is 3.83. The number of rotatable bonds is 7. The van der Waals surface area contributed by atoms with Gasteiger partial charge in [0.05, 0.1) is 6.04 Å². The summed E-state index contributed by atoms with van der Waals surface area (Å²) >= 11 is 0. The maximum atomic E-state index is 12.3. The summed E-state index contributed by atoms with van der Waals surface area (Å²) < 4.78 is 0. The monoisotopic (exact) mass is 275 g/mol. The second-order valence-corrected chi connectivity index (χ2v) is 5.78. The highest BCUT2D eigenvalue weighted by molar-refractivity contribution is 5.76. The summed E-state index contributed by atoms with van der Waals surface area (Å²) in [6, 6.07) is 9.96. The Morgan fingerprint density at radius 1 is 1.35 bits per heavy atom. The lowest BCUT2D eigenvalue weighted by Crippen LogP contribution is -2.32. The first kappa shape index (κ1) is 15.0. The van der Waals surface area contributed by atoms with Gasteiger partial charge in [-0.25, -0.2) is 0 Å². The summed E-state index contributed by atoms with van der Waals surface area (Å²) in [6.07, 6.45) is 6.15. The Hall–Kier alpha value is -1.35. The van der Waals surface area contributed by atoms with E-state index in [2.05, 4.69) is 0 Å². The standard InChI is InChI=1S/C17H25NO2/c1-18(17(20)11-10-14-6-5-7-14)16(12-13-19)15-8-3-2-4-9-15/h2-4,8-9,14,16,19H,5-7,10-13H2,1H3. The molecule has 1 aromatic carbocycles. The number of aliphatic hydroxyl groups is 1. The molecule has 1 saturated carbocycles. The van der Waals surface area contributed by atoms with Crippen LogP contribution >= 0.6 is 0 Å². The van der Waals surface area contributed by atoms with E-state index in [1.807, 2.05) is 42.3 Å². The van der Waals surface area contributed by atoms with Crippen molar-refractivity contribution in [1.82, 2.24) is 4.90 Å². The third-order valence-corrected chi connectivity index (χ3v) is 4.44. The Balaban J connectivity index is 1.94. The molecule has 1 atom stereocenters. The molecule has 1 fully saturated rings. The summed E-state index contributed by atoms with van der Waals surface area (Å²) in [5, 5.41) is 9.26. The molecule has 0 bridgehead atoms. The van der Waals surface area contributed by atoms with Crippen LogP contribution in [0.5, 0.6) is 0 Å². The van der Waals surface area contributed by atoms with Crippen molar-refractivity contribution in [2.24, 2.45) is 5.92 Å². The molecule has 0 aromatic heterocycles. The lowest BCUT2D eigenvalue weighted by atomic mass is 9.82. The fourth-order valence-electron chi connectivity index (χ4n) is 2.84. The molecule has 1 aromatic rings. The number of benzene rings is 1. The minimum atomic E-state index is -0.0184. The highest BCUT2D eigenvalue weighted by Crippen LogP contribution is 2.31. The summed E-state index contributed by atoms with van der Waals surface area (Å²) in [4.78, 5) is 14.1. The van der Waals surface area contributed by atoms with E-state index in [1.165, 1.54) is 19.3 Å². The molecule has 110 valence electrons. The van der Waals surface area contributed by atoms with Crippen molar-refractivity contribution in [3.05, 3.63) is 35.9 Å². The molecule has 1 unspecified atom stereocenters. The van der Waals surface area contributed by atoms with E-state index in [4.69, 9.17) is 0 Å². The zero-order valence-electron chi connectivity index (χ0n) is 12.3. The minimum Gasteiger partial charge on any atom is -0.396 e. The van der Waals surface area contributed by atoms with Crippen molar-refractivity contribution in [1.29, 1.82) is 0 Å². The van der Waals surface area contributed by atoms with Gasteiger partial charge in [0.15, 0.2) is 0 Å². The van der Waals surface area contributed by atoms with E-state index in [1.54, 1.807) is 0 Å². The number of aliphatic hydroxyl groups excluding tert-OH is 1. The summed E-state index contributed by atoms with van der Waals surface area (Å²) in [6.45, 7) is 0.0970. The van der Waals surface area contributed by atoms with Gasteiger partial charge in [-0.3, -0.25) is 4.79 Å². The number of carbonyl (C=O) groups excluding carboxylic acids is 1. The minimum absolute atomic E-state index is 0.0184. The fraction of sp³-hybridized carbons (Fsp3) is 0.588. The molecule has 1 N–H and O–H groups in total. The van der Waals surface area contributed by atoms with Crippen LogP contribution < -0.4 is 0 Å². The molecule has 0 heterocycles. The van der Waals surface area contributed by atoms with Crippen LogP contribution in [-0.2, 0) is 4.79 Å². The molecule has 20 heavy (non-hydrogen) atoms. The number of carbonyl (C=O) groups is 1. The number of nitrogens with zero attached hydrogens (tertiary/aromatic N) is 1. The van der Waals surface area contributed by atoms with Gasteiger partial charge in [-0.05, 0) is 24.3 Å². The second-order valence-electron chi connectivity index (χ2n) is 5.78. The van der Waals surface area contributed by atoms with Gasteiger partial charge in [-0.15, -0.1) is 0 Å². The highest BCUT2D eigenvalue weighted by Gasteiger charge is 2.23. The van der Waals surface area contributed by atoms with Crippen LogP contribution in [0.15, 0.2) is 30.3 Å². The molecule has 3 nitrogen and oxygen atoms in total. The second kappa shape index (κ2) is 7.44. The van der Waals surface area contributed by atoms with Crippen LogP contribution in [0.1, 0.15) is 50.1 Å². The van der Waals surface area contributed by atoms with E-state index in [9.17, 15) is 9.90 Å². The zero-order chi connectivity index (χ0) is 14.4. The first-order valence-corrected chi connectivity index (χ1v) is 7.64. The average Bonchev–Trinajstić information content (AvgIpc) is 2.43. The molecule has 3 heteroatoms. The first-order chi connectivity index (χ1) is 9.72. The van der Waals surface area contributed by atoms with Crippen molar-refractivity contribution in [3.8, 4) is 0 Å². The lowest BCUT2D eigenvalue weighted by Gasteiger charge is -2.30. The van der Waals surface area contributed by atoms with Crippen molar-refractivity contribution in [2.45, 2.75) is 44.6 Å². The topological polar surface area (TPSA) is 40.5 Å². The van der Waals surface area contributed by atoms with Gasteiger partial charge in [0.2, 0.25) is 5.91 Å². The van der Waals surface area contributed by atoms with Crippen molar-refractivity contribution >= 4 is 5.91 Å². The zero-order valence-corrected chi connectivity index (χ0v) is 12.3. The molecule has 1 aliphatic carbocycles. The Bertz CT molecular complexity index is 414. The van der Waals surface area contributed by atoms with E-state index in [-0.39, 0.29) is 18.6 Å². The third-order valence-electron chi connectivity index (χ3n) is 4.44. The predicted octanol–water partition coefficient (Wildman–Crippen LogP) is 3.15. The Kier molecular flexibility index (Phi) is 5.60. The van der Waals surface area contributed by atoms with Crippen LogP contribution in [0.25, 0.3) is 0 Å². The molecule has 0 radical (unpaired) electrons. The molecule has 1 aliphatic rings. The molecule has 2 rings (SSSR count). The number of amides is 1. The smallest absolute Gasteiger partial charge is 0.222 e. The van der Waals surface area contributed by atoms with Gasteiger partial charge in [-0.2, -0.15) is 0 Å². The largest absolute Gasteiger partial charge is 0.396 e. The first-order valence-electron chi connectivity index (χ1n) is 7.64. The molecule has 0 spiro atoms. The average molecular weight is 275 g/mol. The van der Waals surface area contributed by atoms with E-state index in [0.717, 1.165) is 17.9 Å². The summed E-state index contributed by atoms with van der Waals surface area (Å²) in [5.74, 6) is 0.958. The SMILES string of the molecule is CN(C(=O)CCC1CCC1)C(CCO)c1ccccc1. The summed E-state index contributed by atoms with van der Waals surface area (Å²) in [7, 11) is 1.86. The normalized spacial score (nSPS) is 16.5. The van der Waals surface area contributed by atoms with Gasteiger partial charge < -0.3 is 10.0 Å². The molecule has 0 saturated heterocycles. The predicted molar refractivity (Wildman–Crippen MR) is 80.2 cm³/mol. The van der Waals surface area contributed by atoms with Crippen LogP contribution in [-0.4, -0.2) is 29.6 Å². The van der Waals surface area contributed by atoms with Gasteiger partial charge >= 0.3 is 0 Å². The van der Waals surface area contributed by atoms with Crippen LogP contribution in [0, 0.1) is 5.92 Å². The van der Waals surface area contributed by atoms with E-state index < -0.39 is 0 Å². The molecule has 1 amide bonds. The molecule has 0 aliphatic heterocycles. The Morgan fingerprint density at radius 3 is 2.60 bits per heavy atom. The Morgan fingerprint density at radius 2 is 2.05 bits per heavy atom. The quantitative estimate of drug-likeness (QED) is 0.830. The fourth-order valence-corrected chi connectivity index (χ4v) is 2.84. The maximum Gasteiger partial charge on any atom is 0.222 e. The van der Waals surface area contributed by atoms with Gasteiger partial charge in [0.25, 0.3) is 0 Å². The van der Waals surface area contributed by atoms with Gasteiger partial charge in [-0.1, -0.05) is 49.6 Å². The van der Waals surface area contributed by atoms with Crippen LogP contribution in [0.3, 0.4) is 0 Å². The van der Waals surface area contributed by atoms with Crippen molar-refractivity contribution < 1.29 is 9.90 Å². The Labute approximate surface area is 121 Å². The van der Waals surface area contributed by atoms with Crippen LogP contribution in [0.2, 0.25) is 0 Å². The number of hydrogen-bond acceptors (Lipinski definition) is 2. The van der Waals surface area contributed by atoms with Gasteiger partial charge in [0, 0.05) is 20.1 Å². The van der Waals surface area contributed by atoms with Crippen molar-refractivity contribution in [2.75, 3.05) is 13.7 Å². The summed E-state index contributed by atoms with van der Waals surface area (Å²) in [5.41, 5.74) is 1.10. The van der Waals surface area contributed by atoms with E-state index in [0.29, 0.717) is 12.8 Å². The number of hydrogen-bond donors (Lipinski definition) is 1. The lowest BCUT2D eigenvalue weighted by molar-refractivity contribution is -0.132. The highest BCUT2D eigenvalue weighted by atomic mass is 16.3. The van der Waals surface area contributed by atoms with E-state index >= 15 is 0 Å². The van der Waals surface area contributed by atoms with Crippen LogP contribution in [0.4, 0.5) is 0 Å². The maximum absolute atomic E-state index is 12.3. The van der Waals surface area contributed by atoms with Gasteiger partial charge in [0.1, 0.15) is 0 Å². The molecular formula is C17H25NO2.